The van der Waals surface area contributed by atoms with E-state index >= 15 is 0 Å². The van der Waals surface area contributed by atoms with E-state index in [0.29, 0.717) is 12.4 Å². The summed E-state index contributed by atoms with van der Waals surface area (Å²) in [5.74, 6) is 1.47. The first-order chi connectivity index (χ1) is 10.2. The highest BCUT2D eigenvalue weighted by Gasteiger charge is 2.13. The minimum atomic E-state index is 0.652. The molecule has 0 aliphatic heterocycles. The number of benzene rings is 1. The molecule has 108 valence electrons. The summed E-state index contributed by atoms with van der Waals surface area (Å²) >= 11 is 0. The fraction of sp³-hybridized carbons (Fsp3) is 0.235. The van der Waals surface area contributed by atoms with Crippen LogP contribution in [0.5, 0.6) is 11.6 Å². The van der Waals surface area contributed by atoms with Crippen LogP contribution in [-0.4, -0.2) is 16.4 Å². The van der Waals surface area contributed by atoms with Crippen molar-refractivity contribution in [1.82, 2.24) is 14.7 Å². The Hall–Kier alpha value is -2.33. The van der Waals surface area contributed by atoms with E-state index in [4.69, 9.17) is 4.74 Å². The molecule has 0 saturated heterocycles. The SMILES string of the molecule is CNCc1c(Oc2ccc(C)c(C)c2)nc2ccccn12. The van der Waals surface area contributed by atoms with E-state index in [-0.39, 0.29) is 0 Å². The van der Waals surface area contributed by atoms with E-state index in [1.54, 1.807) is 0 Å². The van der Waals surface area contributed by atoms with Crippen molar-refractivity contribution in [3.05, 3.63) is 59.4 Å². The molecular formula is C17H19N3O. The monoisotopic (exact) mass is 281 g/mol. The Bertz CT molecular complexity index is 777. The van der Waals surface area contributed by atoms with Gasteiger partial charge in [0.2, 0.25) is 5.88 Å². The third-order valence-electron chi connectivity index (χ3n) is 3.63. The standard InChI is InChI=1S/C17H19N3O/c1-12-7-8-14(10-13(12)2)21-17-15(11-18-3)20-9-5-4-6-16(20)19-17/h4-10,18H,11H2,1-3H3. The van der Waals surface area contributed by atoms with Crippen molar-refractivity contribution in [2.24, 2.45) is 0 Å². The molecule has 0 amide bonds. The highest BCUT2D eigenvalue weighted by Crippen LogP contribution is 2.27. The average molecular weight is 281 g/mol. The van der Waals surface area contributed by atoms with Gasteiger partial charge in [0.05, 0.1) is 0 Å². The van der Waals surface area contributed by atoms with Crippen LogP contribution >= 0.6 is 0 Å². The van der Waals surface area contributed by atoms with Crippen molar-refractivity contribution >= 4 is 5.65 Å². The van der Waals surface area contributed by atoms with Gasteiger partial charge in [-0.1, -0.05) is 12.1 Å². The maximum Gasteiger partial charge on any atom is 0.242 e. The molecule has 4 nitrogen and oxygen atoms in total. The van der Waals surface area contributed by atoms with Gasteiger partial charge in [-0.2, -0.15) is 4.98 Å². The highest BCUT2D eigenvalue weighted by atomic mass is 16.5. The Balaban J connectivity index is 2.02. The minimum absolute atomic E-state index is 0.652. The van der Waals surface area contributed by atoms with Crippen molar-refractivity contribution in [1.29, 1.82) is 0 Å². The van der Waals surface area contributed by atoms with Gasteiger partial charge in [0.1, 0.15) is 17.1 Å². The molecular weight excluding hydrogens is 262 g/mol. The molecule has 1 aromatic carbocycles. The average Bonchev–Trinajstić information content (AvgIpc) is 2.81. The maximum absolute atomic E-state index is 6.01. The summed E-state index contributed by atoms with van der Waals surface area (Å²) in [4.78, 5) is 4.58. The van der Waals surface area contributed by atoms with Crippen LogP contribution in [0.15, 0.2) is 42.6 Å². The third kappa shape index (κ3) is 2.62. The number of hydrogen-bond donors (Lipinski definition) is 1. The number of imidazole rings is 1. The van der Waals surface area contributed by atoms with Crippen LogP contribution in [0.1, 0.15) is 16.8 Å². The molecule has 0 aliphatic carbocycles. The van der Waals surface area contributed by atoms with Crippen molar-refractivity contribution < 1.29 is 4.74 Å². The summed E-state index contributed by atoms with van der Waals surface area (Å²) in [5, 5.41) is 3.17. The summed E-state index contributed by atoms with van der Waals surface area (Å²) in [6.07, 6.45) is 2.00. The minimum Gasteiger partial charge on any atom is -0.437 e. The lowest BCUT2D eigenvalue weighted by Crippen LogP contribution is -2.08. The molecule has 0 atom stereocenters. The zero-order valence-electron chi connectivity index (χ0n) is 12.6. The summed E-state index contributed by atoms with van der Waals surface area (Å²) < 4.78 is 8.06. The lowest BCUT2D eigenvalue weighted by molar-refractivity contribution is 0.456. The molecule has 1 N–H and O–H groups in total. The molecule has 21 heavy (non-hydrogen) atoms. The Labute approximate surface area is 124 Å². The van der Waals surface area contributed by atoms with Gasteiger partial charge in [0, 0.05) is 12.7 Å². The summed E-state index contributed by atoms with van der Waals surface area (Å²) in [7, 11) is 1.92. The van der Waals surface area contributed by atoms with Crippen LogP contribution in [0.4, 0.5) is 0 Å². The van der Waals surface area contributed by atoms with Gasteiger partial charge in [0.25, 0.3) is 0 Å². The van der Waals surface area contributed by atoms with Crippen LogP contribution in [0, 0.1) is 13.8 Å². The number of rotatable bonds is 4. The van der Waals surface area contributed by atoms with Gasteiger partial charge in [-0.3, -0.25) is 4.40 Å². The smallest absolute Gasteiger partial charge is 0.242 e. The van der Waals surface area contributed by atoms with Gasteiger partial charge >= 0.3 is 0 Å². The number of aryl methyl sites for hydroxylation is 2. The molecule has 3 rings (SSSR count). The normalized spacial score (nSPS) is 11.0. The fourth-order valence-corrected chi connectivity index (χ4v) is 2.32. The predicted molar refractivity (Wildman–Crippen MR) is 83.9 cm³/mol. The molecule has 0 saturated carbocycles. The lowest BCUT2D eigenvalue weighted by atomic mass is 10.1. The Morgan fingerprint density at radius 3 is 2.76 bits per heavy atom. The summed E-state index contributed by atoms with van der Waals surface area (Å²) in [5.41, 5.74) is 4.38. The van der Waals surface area contributed by atoms with Gasteiger partial charge in [-0.05, 0) is 56.3 Å². The van der Waals surface area contributed by atoms with E-state index < -0.39 is 0 Å². The molecule has 0 unspecified atom stereocenters. The van der Waals surface area contributed by atoms with E-state index in [0.717, 1.165) is 17.1 Å². The third-order valence-corrected chi connectivity index (χ3v) is 3.63. The molecule has 0 bridgehead atoms. The second-order valence-corrected chi connectivity index (χ2v) is 5.17. The summed E-state index contributed by atoms with van der Waals surface area (Å²) in [6.45, 7) is 4.88. The van der Waals surface area contributed by atoms with Crippen LogP contribution in [0.25, 0.3) is 5.65 Å². The number of hydrogen-bond acceptors (Lipinski definition) is 3. The number of nitrogens with zero attached hydrogens (tertiary/aromatic N) is 2. The van der Waals surface area contributed by atoms with Crippen LogP contribution in [0.3, 0.4) is 0 Å². The van der Waals surface area contributed by atoms with Crippen molar-refractivity contribution in [2.45, 2.75) is 20.4 Å². The zero-order valence-corrected chi connectivity index (χ0v) is 12.6. The van der Waals surface area contributed by atoms with Gasteiger partial charge < -0.3 is 10.1 Å². The largest absolute Gasteiger partial charge is 0.437 e. The number of nitrogens with one attached hydrogen (secondary N) is 1. The molecule has 0 fully saturated rings. The van der Waals surface area contributed by atoms with Crippen molar-refractivity contribution in [3.8, 4) is 11.6 Å². The predicted octanol–water partition coefficient (Wildman–Crippen LogP) is 3.46. The second-order valence-electron chi connectivity index (χ2n) is 5.17. The zero-order chi connectivity index (χ0) is 14.8. The van der Waals surface area contributed by atoms with Gasteiger partial charge in [-0.15, -0.1) is 0 Å². The van der Waals surface area contributed by atoms with E-state index in [1.165, 1.54) is 11.1 Å². The number of ether oxygens (including phenoxy) is 1. The lowest BCUT2D eigenvalue weighted by Gasteiger charge is -2.08. The Morgan fingerprint density at radius 1 is 1.14 bits per heavy atom. The number of pyridine rings is 1. The molecule has 4 heteroatoms. The highest BCUT2D eigenvalue weighted by molar-refractivity contribution is 5.47. The Kier molecular flexibility index (Phi) is 3.62. The van der Waals surface area contributed by atoms with Crippen LogP contribution in [0.2, 0.25) is 0 Å². The van der Waals surface area contributed by atoms with Crippen molar-refractivity contribution in [2.75, 3.05) is 7.05 Å². The fourth-order valence-electron chi connectivity index (χ4n) is 2.32. The van der Waals surface area contributed by atoms with Crippen molar-refractivity contribution in [3.63, 3.8) is 0 Å². The van der Waals surface area contributed by atoms with Crippen LogP contribution < -0.4 is 10.1 Å². The first kappa shape index (κ1) is 13.6. The van der Waals surface area contributed by atoms with E-state index in [1.807, 2.05) is 48.0 Å². The number of fused-ring (bicyclic) bond motifs is 1. The molecule has 2 heterocycles. The first-order valence-corrected chi connectivity index (χ1v) is 7.04. The molecule has 3 aromatic rings. The number of aromatic nitrogens is 2. The Morgan fingerprint density at radius 2 is 2.00 bits per heavy atom. The van der Waals surface area contributed by atoms with Gasteiger partial charge in [-0.25, -0.2) is 0 Å². The van der Waals surface area contributed by atoms with Gasteiger partial charge in [0.15, 0.2) is 0 Å². The molecule has 2 aromatic heterocycles. The summed E-state index contributed by atoms with van der Waals surface area (Å²) in [6, 6.07) is 12.0. The van der Waals surface area contributed by atoms with Crippen LogP contribution in [-0.2, 0) is 6.54 Å². The quantitative estimate of drug-likeness (QED) is 0.796. The van der Waals surface area contributed by atoms with E-state index in [2.05, 4.69) is 30.2 Å². The maximum atomic E-state index is 6.01. The topological polar surface area (TPSA) is 38.6 Å². The first-order valence-electron chi connectivity index (χ1n) is 7.04. The molecule has 0 aliphatic rings. The second kappa shape index (κ2) is 5.58. The van der Waals surface area contributed by atoms with E-state index in [9.17, 15) is 0 Å². The molecule has 0 spiro atoms. The molecule has 0 radical (unpaired) electrons.